The number of aromatic nitrogens is 3. The first-order valence-corrected chi connectivity index (χ1v) is 8.38. The predicted octanol–water partition coefficient (Wildman–Crippen LogP) is 3.94. The molecule has 3 N–H and O–H groups in total. The highest BCUT2D eigenvalue weighted by molar-refractivity contribution is 5.28. The number of fused-ring (bicyclic) bond motifs is 8. The molecule has 0 aromatic carbocycles. The van der Waals surface area contributed by atoms with E-state index in [1.165, 1.54) is 34.2 Å². The summed E-state index contributed by atoms with van der Waals surface area (Å²) in [6, 6.07) is 17.1. The van der Waals surface area contributed by atoms with E-state index in [1.807, 2.05) is 0 Å². The zero-order chi connectivity index (χ0) is 15.9. The number of furan rings is 1. The lowest BCUT2D eigenvalue weighted by Gasteiger charge is -2.00. The van der Waals surface area contributed by atoms with Gasteiger partial charge < -0.3 is 19.4 Å². The Kier molecular flexibility index (Phi) is 3.01. The van der Waals surface area contributed by atoms with Gasteiger partial charge in [-0.15, -0.1) is 0 Å². The highest BCUT2D eigenvalue weighted by Crippen LogP contribution is 2.19. The largest absolute Gasteiger partial charge is 0.465 e. The van der Waals surface area contributed by atoms with Crippen LogP contribution in [0.5, 0.6) is 0 Å². The summed E-state index contributed by atoms with van der Waals surface area (Å²) in [5.41, 5.74) is 7.29. The van der Waals surface area contributed by atoms with Crippen LogP contribution in [0.15, 0.2) is 52.9 Å². The summed E-state index contributed by atoms with van der Waals surface area (Å²) in [6.07, 6.45) is 3.37. The van der Waals surface area contributed by atoms with Gasteiger partial charge in [-0.25, -0.2) is 0 Å². The van der Waals surface area contributed by atoms with Crippen molar-refractivity contribution < 1.29 is 4.42 Å². The summed E-state index contributed by atoms with van der Waals surface area (Å²) in [5, 5.41) is 0. The molecule has 24 heavy (non-hydrogen) atoms. The van der Waals surface area contributed by atoms with Crippen molar-refractivity contribution in [1.82, 2.24) is 15.0 Å². The van der Waals surface area contributed by atoms with Gasteiger partial charge in [-0.2, -0.15) is 0 Å². The molecule has 0 amide bonds. The van der Waals surface area contributed by atoms with Gasteiger partial charge >= 0.3 is 0 Å². The third-order valence-corrected chi connectivity index (χ3v) is 4.63. The molecular weight excluding hydrogens is 298 g/mol. The van der Waals surface area contributed by atoms with Crippen LogP contribution in [0.25, 0.3) is 0 Å². The quantitative estimate of drug-likeness (QED) is 0.398. The van der Waals surface area contributed by atoms with Crippen molar-refractivity contribution in [3.63, 3.8) is 0 Å². The van der Waals surface area contributed by atoms with E-state index < -0.39 is 0 Å². The summed E-state index contributed by atoms with van der Waals surface area (Å²) < 4.78 is 6.00. The molecule has 120 valence electrons. The first kappa shape index (κ1) is 13.5. The minimum absolute atomic E-state index is 0.798. The van der Waals surface area contributed by atoms with Gasteiger partial charge in [0.25, 0.3) is 0 Å². The molecule has 0 aliphatic carbocycles. The maximum absolute atomic E-state index is 6.00. The van der Waals surface area contributed by atoms with Crippen molar-refractivity contribution in [3.05, 3.63) is 94.2 Å². The van der Waals surface area contributed by atoms with Gasteiger partial charge in [0.2, 0.25) is 0 Å². The second-order valence-corrected chi connectivity index (χ2v) is 6.60. The lowest BCUT2D eigenvalue weighted by Crippen LogP contribution is -1.94. The van der Waals surface area contributed by atoms with Crippen molar-refractivity contribution >= 4 is 0 Å². The molecule has 4 aromatic heterocycles. The van der Waals surface area contributed by atoms with Crippen LogP contribution in [0.1, 0.15) is 45.7 Å². The highest BCUT2D eigenvalue weighted by Gasteiger charge is 2.10. The lowest BCUT2D eigenvalue weighted by molar-refractivity contribution is 0.480. The van der Waals surface area contributed by atoms with Crippen LogP contribution in [0, 0.1) is 0 Å². The number of nitrogens with one attached hydrogen (secondary N) is 3. The van der Waals surface area contributed by atoms with Crippen molar-refractivity contribution in [2.24, 2.45) is 0 Å². The average Bonchev–Trinajstić information content (AvgIpc) is 3.32. The third kappa shape index (κ3) is 2.60. The van der Waals surface area contributed by atoms with Crippen LogP contribution < -0.4 is 0 Å². The van der Waals surface area contributed by atoms with E-state index in [9.17, 15) is 0 Å². The normalized spacial score (nSPS) is 14.0. The van der Waals surface area contributed by atoms with Crippen LogP contribution in [0.4, 0.5) is 0 Å². The summed E-state index contributed by atoms with van der Waals surface area (Å²) in [6.45, 7) is 0. The van der Waals surface area contributed by atoms with Crippen molar-refractivity contribution in [1.29, 1.82) is 0 Å². The summed E-state index contributed by atoms with van der Waals surface area (Å²) >= 11 is 0. The maximum Gasteiger partial charge on any atom is 0.110 e. The predicted molar refractivity (Wildman–Crippen MR) is 92.3 cm³/mol. The van der Waals surface area contributed by atoms with Crippen molar-refractivity contribution in [2.75, 3.05) is 0 Å². The second-order valence-electron chi connectivity index (χ2n) is 6.60. The first-order valence-electron chi connectivity index (χ1n) is 8.38. The SMILES string of the molecule is c1cc2[nH]c1Cc1ccc([nH]1)Cc1ccc(o1)Cc1ccc([nH]1)C2. The molecule has 0 fully saturated rings. The summed E-state index contributed by atoms with van der Waals surface area (Å²) in [5.74, 6) is 2.00. The molecule has 4 aromatic rings. The van der Waals surface area contributed by atoms with Gasteiger partial charge in [0.1, 0.15) is 11.5 Å². The van der Waals surface area contributed by atoms with Gasteiger partial charge in [0.15, 0.2) is 0 Å². The standard InChI is InChI=1S/C20H19N3O/c1-2-14-10-16-4-6-18(23-16)12-20-8-7-19(24-20)11-17-5-3-15(22-17)9-13(1)21-14/h1-8,21-23H,9-12H2. The Morgan fingerprint density at radius 2 is 0.792 bits per heavy atom. The summed E-state index contributed by atoms with van der Waals surface area (Å²) in [4.78, 5) is 10.5. The molecule has 0 saturated carbocycles. The fraction of sp³-hybridized carbons (Fsp3) is 0.200. The minimum Gasteiger partial charge on any atom is -0.465 e. The van der Waals surface area contributed by atoms with E-state index in [0.717, 1.165) is 37.2 Å². The molecule has 1 aliphatic rings. The molecule has 4 nitrogen and oxygen atoms in total. The van der Waals surface area contributed by atoms with Gasteiger partial charge in [-0.1, -0.05) is 0 Å². The molecule has 5 rings (SSSR count). The minimum atomic E-state index is 0.798. The van der Waals surface area contributed by atoms with E-state index in [4.69, 9.17) is 4.42 Å². The van der Waals surface area contributed by atoms with E-state index in [2.05, 4.69) is 63.5 Å². The van der Waals surface area contributed by atoms with Gasteiger partial charge in [0.05, 0.1) is 0 Å². The average molecular weight is 317 g/mol. The molecule has 8 bridgehead atoms. The fourth-order valence-corrected chi connectivity index (χ4v) is 3.49. The van der Waals surface area contributed by atoms with Crippen LogP contribution >= 0.6 is 0 Å². The van der Waals surface area contributed by atoms with Crippen LogP contribution in [0.2, 0.25) is 0 Å². The van der Waals surface area contributed by atoms with Crippen LogP contribution in [-0.4, -0.2) is 15.0 Å². The number of aromatic amines is 3. The Morgan fingerprint density at radius 1 is 0.458 bits per heavy atom. The molecule has 4 heteroatoms. The maximum atomic E-state index is 6.00. The van der Waals surface area contributed by atoms with Gasteiger partial charge in [-0.05, 0) is 48.5 Å². The second kappa shape index (κ2) is 5.34. The van der Waals surface area contributed by atoms with E-state index in [0.29, 0.717) is 0 Å². The number of hydrogen-bond donors (Lipinski definition) is 3. The van der Waals surface area contributed by atoms with Crippen molar-refractivity contribution in [2.45, 2.75) is 25.7 Å². The van der Waals surface area contributed by atoms with E-state index in [1.54, 1.807) is 0 Å². The van der Waals surface area contributed by atoms with E-state index >= 15 is 0 Å². The molecule has 0 spiro atoms. The molecule has 5 heterocycles. The smallest absolute Gasteiger partial charge is 0.110 e. The molecular formula is C20H19N3O. The Morgan fingerprint density at radius 3 is 1.17 bits per heavy atom. The number of hydrogen-bond acceptors (Lipinski definition) is 1. The van der Waals surface area contributed by atoms with Gasteiger partial charge in [0, 0.05) is 59.8 Å². The molecule has 0 saturated heterocycles. The zero-order valence-corrected chi connectivity index (χ0v) is 13.4. The van der Waals surface area contributed by atoms with E-state index in [-0.39, 0.29) is 0 Å². The Hall–Kier alpha value is -2.88. The Bertz CT molecular complexity index is 755. The monoisotopic (exact) mass is 317 g/mol. The van der Waals surface area contributed by atoms with Crippen molar-refractivity contribution in [3.8, 4) is 0 Å². The number of rotatable bonds is 0. The lowest BCUT2D eigenvalue weighted by atomic mass is 10.2. The zero-order valence-electron chi connectivity index (χ0n) is 13.4. The third-order valence-electron chi connectivity index (χ3n) is 4.63. The van der Waals surface area contributed by atoms with Crippen LogP contribution in [-0.2, 0) is 25.7 Å². The van der Waals surface area contributed by atoms with Crippen LogP contribution in [0.3, 0.4) is 0 Å². The van der Waals surface area contributed by atoms with Gasteiger partial charge in [-0.3, -0.25) is 0 Å². The molecule has 0 radical (unpaired) electrons. The Labute approximate surface area is 139 Å². The molecule has 0 atom stereocenters. The number of H-pyrrole nitrogens is 3. The molecule has 1 aliphatic heterocycles. The first-order chi connectivity index (χ1) is 11.8. The molecule has 0 unspecified atom stereocenters. The fourth-order valence-electron chi connectivity index (χ4n) is 3.49. The summed E-state index contributed by atoms with van der Waals surface area (Å²) in [7, 11) is 0. The topological polar surface area (TPSA) is 60.5 Å². The highest BCUT2D eigenvalue weighted by atomic mass is 16.3. The Balaban J connectivity index is 1.54.